The Balaban J connectivity index is 1.68. The molecule has 28 heavy (non-hydrogen) atoms. The molecule has 4 heteroatoms. The lowest BCUT2D eigenvalue weighted by Gasteiger charge is -2.10. The molecular weight excluding hydrogens is 348 g/mol. The lowest BCUT2D eigenvalue weighted by molar-refractivity contribution is 0.0735. The molecule has 0 unspecified atom stereocenters. The van der Waals surface area contributed by atoms with Crippen molar-refractivity contribution in [2.45, 2.75) is 0 Å². The van der Waals surface area contributed by atoms with Crippen LogP contribution in [0.5, 0.6) is 5.75 Å². The molecule has 4 rings (SSSR count). The Morgan fingerprint density at radius 1 is 0.786 bits per heavy atom. The van der Waals surface area contributed by atoms with E-state index in [9.17, 15) is 4.79 Å². The molecule has 0 aliphatic heterocycles. The van der Waals surface area contributed by atoms with Crippen LogP contribution < -0.4 is 10.2 Å². The number of esters is 1. The number of para-hydroxylation sites is 1. The number of carbonyl (C=O) groups is 1. The van der Waals surface area contributed by atoms with Crippen molar-refractivity contribution in [1.82, 2.24) is 0 Å². The molecule has 0 radical (unpaired) electrons. The van der Waals surface area contributed by atoms with Crippen LogP contribution >= 0.6 is 0 Å². The highest BCUT2D eigenvalue weighted by Gasteiger charge is 2.13. The first-order valence-electron chi connectivity index (χ1n) is 8.94. The van der Waals surface area contributed by atoms with Gasteiger partial charge in [0.15, 0.2) is 0 Å². The fraction of sp³-hybridized carbons (Fsp3) is 0. The zero-order valence-corrected chi connectivity index (χ0v) is 15.1. The molecule has 4 nitrogen and oxygen atoms in total. The SMILES string of the molecule is O=C(Oc1ccc2ccccc2c1/C=N/Nc1ccccc1)c1ccccc1. The maximum atomic E-state index is 12.5. The van der Waals surface area contributed by atoms with Crippen LogP contribution in [0.25, 0.3) is 10.8 Å². The van der Waals surface area contributed by atoms with Gasteiger partial charge in [0, 0.05) is 5.56 Å². The van der Waals surface area contributed by atoms with Crippen molar-refractivity contribution in [3.8, 4) is 5.75 Å². The van der Waals surface area contributed by atoms with Gasteiger partial charge in [-0.1, -0.05) is 66.7 Å². The predicted octanol–water partition coefficient (Wildman–Crippen LogP) is 5.51. The minimum atomic E-state index is -0.401. The van der Waals surface area contributed by atoms with Crippen molar-refractivity contribution in [2.75, 3.05) is 5.43 Å². The summed E-state index contributed by atoms with van der Waals surface area (Å²) in [6.07, 6.45) is 1.68. The average Bonchev–Trinajstić information content (AvgIpc) is 2.76. The number of hydrazone groups is 1. The second-order valence-corrected chi connectivity index (χ2v) is 6.19. The summed E-state index contributed by atoms with van der Waals surface area (Å²) in [6.45, 7) is 0. The zero-order valence-electron chi connectivity index (χ0n) is 15.1. The quantitative estimate of drug-likeness (QED) is 0.219. The highest BCUT2D eigenvalue weighted by atomic mass is 16.5. The van der Waals surface area contributed by atoms with E-state index in [1.165, 1.54) is 0 Å². The molecule has 4 aromatic rings. The average molecular weight is 366 g/mol. The summed E-state index contributed by atoms with van der Waals surface area (Å²) in [5.41, 5.74) is 5.12. The Morgan fingerprint density at radius 3 is 2.25 bits per heavy atom. The molecule has 4 aromatic carbocycles. The maximum absolute atomic E-state index is 12.5. The van der Waals surface area contributed by atoms with Gasteiger partial charge >= 0.3 is 5.97 Å². The van der Waals surface area contributed by atoms with Gasteiger partial charge in [0.25, 0.3) is 0 Å². The first kappa shape index (κ1) is 17.5. The van der Waals surface area contributed by atoms with E-state index in [4.69, 9.17) is 4.74 Å². The second-order valence-electron chi connectivity index (χ2n) is 6.19. The van der Waals surface area contributed by atoms with Gasteiger partial charge < -0.3 is 4.74 Å². The number of hydrogen-bond acceptors (Lipinski definition) is 4. The molecule has 0 atom stereocenters. The van der Waals surface area contributed by atoms with Gasteiger partial charge in [-0.3, -0.25) is 5.43 Å². The van der Waals surface area contributed by atoms with Gasteiger partial charge in [-0.15, -0.1) is 0 Å². The summed E-state index contributed by atoms with van der Waals surface area (Å²) < 4.78 is 5.68. The van der Waals surface area contributed by atoms with Crippen LogP contribution in [0.15, 0.2) is 102 Å². The normalized spacial score (nSPS) is 10.9. The zero-order chi connectivity index (χ0) is 19.2. The summed E-state index contributed by atoms with van der Waals surface area (Å²) in [6, 6.07) is 30.3. The van der Waals surface area contributed by atoms with Crippen LogP contribution in [-0.4, -0.2) is 12.2 Å². The first-order chi connectivity index (χ1) is 13.8. The predicted molar refractivity (Wildman–Crippen MR) is 113 cm³/mol. The van der Waals surface area contributed by atoms with E-state index >= 15 is 0 Å². The molecule has 0 fully saturated rings. The van der Waals surface area contributed by atoms with Crippen molar-refractivity contribution in [3.05, 3.63) is 108 Å². The molecule has 0 heterocycles. The van der Waals surface area contributed by atoms with Crippen molar-refractivity contribution in [1.29, 1.82) is 0 Å². The minimum Gasteiger partial charge on any atom is -0.422 e. The third kappa shape index (κ3) is 3.91. The summed E-state index contributed by atoms with van der Waals surface area (Å²) in [5, 5.41) is 6.34. The molecule has 0 saturated carbocycles. The molecular formula is C24H18N2O2. The van der Waals surface area contributed by atoms with Gasteiger partial charge in [-0.25, -0.2) is 4.79 Å². The third-order valence-electron chi connectivity index (χ3n) is 4.30. The molecule has 0 aromatic heterocycles. The van der Waals surface area contributed by atoms with E-state index in [2.05, 4.69) is 10.5 Å². The number of carbonyl (C=O) groups excluding carboxylic acids is 1. The van der Waals surface area contributed by atoms with E-state index in [1.54, 1.807) is 24.4 Å². The highest BCUT2D eigenvalue weighted by molar-refractivity contribution is 6.04. The lowest BCUT2D eigenvalue weighted by atomic mass is 10.0. The molecule has 136 valence electrons. The monoisotopic (exact) mass is 366 g/mol. The molecule has 0 spiro atoms. The summed E-state index contributed by atoms with van der Waals surface area (Å²) >= 11 is 0. The Morgan fingerprint density at radius 2 is 1.46 bits per heavy atom. The van der Waals surface area contributed by atoms with Crippen molar-refractivity contribution in [2.24, 2.45) is 5.10 Å². The van der Waals surface area contributed by atoms with E-state index < -0.39 is 5.97 Å². The van der Waals surface area contributed by atoms with Gasteiger partial charge in [-0.2, -0.15) is 5.10 Å². The largest absolute Gasteiger partial charge is 0.422 e. The van der Waals surface area contributed by atoms with E-state index in [1.807, 2.05) is 78.9 Å². The molecule has 0 saturated heterocycles. The maximum Gasteiger partial charge on any atom is 0.343 e. The standard InChI is InChI=1S/C24H18N2O2/c27-24(19-10-3-1-4-11-19)28-23-16-15-18-9-7-8-14-21(18)22(23)17-25-26-20-12-5-2-6-13-20/h1-17,26H/b25-17+. The fourth-order valence-electron chi connectivity index (χ4n) is 2.91. The number of nitrogens with one attached hydrogen (secondary N) is 1. The molecule has 1 N–H and O–H groups in total. The number of anilines is 1. The smallest absolute Gasteiger partial charge is 0.343 e. The minimum absolute atomic E-state index is 0.401. The lowest BCUT2D eigenvalue weighted by Crippen LogP contribution is -2.10. The van der Waals surface area contributed by atoms with Crippen LogP contribution in [0.2, 0.25) is 0 Å². The number of hydrogen-bond donors (Lipinski definition) is 1. The summed E-state index contributed by atoms with van der Waals surface area (Å²) in [7, 11) is 0. The molecule has 0 aliphatic carbocycles. The number of nitrogens with zero attached hydrogens (tertiary/aromatic N) is 1. The summed E-state index contributed by atoms with van der Waals surface area (Å²) in [4.78, 5) is 12.5. The van der Waals surface area contributed by atoms with Crippen molar-refractivity contribution >= 4 is 28.6 Å². The van der Waals surface area contributed by atoms with E-state index in [-0.39, 0.29) is 0 Å². The van der Waals surface area contributed by atoms with E-state index in [0.717, 1.165) is 22.0 Å². The van der Waals surface area contributed by atoms with Crippen LogP contribution in [-0.2, 0) is 0 Å². The van der Waals surface area contributed by atoms with Crippen molar-refractivity contribution < 1.29 is 9.53 Å². The summed E-state index contributed by atoms with van der Waals surface area (Å²) in [5.74, 6) is 0.0627. The van der Waals surface area contributed by atoms with E-state index in [0.29, 0.717) is 11.3 Å². The van der Waals surface area contributed by atoms with Gasteiger partial charge in [0.1, 0.15) is 5.75 Å². The highest BCUT2D eigenvalue weighted by Crippen LogP contribution is 2.27. The van der Waals surface area contributed by atoms with Crippen LogP contribution in [0, 0.1) is 0 Å². The van der Waals surface area contributed by atoms with Crippen LogP contribution in [0.1, 0.15) is 15.9 Å². The van der Waals surface area contributed by atoms with Gasteiger partial charge in [-0.05, 0) is 41.1 Å². The molecule has 0 bridgehead atoms. The second kappa shape index (κ2) is 8.18. The van der Waals surface area contributed by atoms with Gasteiger partial charge in [0.2, 0.25) is 0 Å². The number of benzene rings is 4. The number of fused-ring (bicyclic) bond motifs is 1. The third-order valence-corrected chi connectivity index (χ3v) is 4.30. The Bertz CT molecular complexity index is 1120. The van der Waals surface area contributed by atoms with Gasteiger partial charge in [0.05, 0.1) is 17.5 Å². The first-order valence-corrected chi connectivity index (χ1v) is 8.94. The van der Waals surface area contributed by atoms with Crippen molar-refractivity contribution in [3.63, 3.8) is 0 Å². The Kier molecular flexibility index (Phi) is 5.11. The topological polar surface area (TPSA) is 50.7 Å². The fourth-order valence-corrected chi connectivity index (χ4v) is 2.91. The van der Waals surface area contributed by atoms with Crippen LogP contribution in [0.4, 0.5) is 5.69 Å². The van der Waals surface area contributed by atoms with Crippen LogP contribution in [0.3, 0.4) is 0 Å². The number of ether oxygens (including phenoxy) is 1. The number of rotatable bonds is 5. The molecule has 0 aliphatic rings. The Hall–Kier alpha value is -3.92. The Labute approximate surface area is 163 Å². The molecule has 0 amide bonds.